The molecule has 0 radical (unpaired) electrons. The zero-order valence-electron chi connectivity index (χ0n) is 16.3. The van der Waals surface area contributed by atoms with Crippen LogP contribution in [0, 0.1) is 6.92 Å². The van der Waals surface area contributed by atoms with E-state index in [1.807, 2.05) is 49.4 Å². The zero-order chi connectivity index (χ0) is 19.2. The molecule has 4 nitrogen and oxygen atoms in total. The minimum atomic E-state index is 0. The molecule has 0 spiro atoms. The maximum Gasteiger partial charge on any atom is 0.160 e. The Morgan fingerprint density at radius 2 is 1.75 bits per heavy atom. The second kappa shape index (κ2) is 10.4. The topological polar surface area (TPSA) is 43.6 Å². The van der Waals surface area contributed by atoms with E-state index < -0.39 is 0 Å². The molecule has 6 heteroatoms. The van der Waals surface area contributed by atoms with E-state index in [4.69, 9.17) is 25.5 Å². The minimum Gasteiger partial charge on any atom is -0.493 e. The van der Waals surface area contributed by atoms with Crippen LogP contribution >= 0.6 is 24.0 Å². The molecule has 0 atom stereocenters. The summed E-state index contributed by atoms with van der Waals surface area (Å²) in [6.45, 7) is 3.50. The highest BCUT2D eigenvalue weighted by atomic mass is 35.5. The Labute approximate surface area is 177 Å². The van der Waals surface area contributed by atoms with E-state index in [1.54, 1.807) is 14.2 Å². The van der Waals surface area contributed by atoms with Crippen LogP contribution in [0.3, 0.4) is 0 Å². The van der Waals surface area contributed by atoms with Gasteiger partial charge in [-0.15, -0.1) is 12.4 Å². The molecule has 0 bridgehead atoms. The summed E-state index contributed by atoms with van der Waals surface area (Å²) in [6, 6.07) is 15.9. The van der Waals surface area contributed by atoms with Crippen molar-refractivity contribution in [2.75, 3.05) is 20.8 Å². The molecule has 3 aromatic rings. The standard InChI is InChI=1S/C22H24ClNO3.ClH/c1-15-4-6-17(13-19(15)23)20-9-7-18(27-20)14-24-11-10-16-5-8-21(25-2)22(12-16)26-3;/h4-9,12-13,24H,10-11,14H2,1-3H3;1H. The van der Waals surface area contributed by atoms with Crippen molar-refractivity contribution in [1.29, 1.82) is 0 Å². The molecular formula is C22H25Cl2NO3. The fraction of sp³-hybridized carbons (Fsp3) is 0.273. The normalized spacial score (nSPS) is 10.4. The average molecular weight is 422 g/mol. The summed E-state index contributed by atoms with van der Waals surface area (Å²) in [5, 5.41) is 4.16. The summed E-state index contributed by atoms with van der Waals surface area (Å²) in [7, 11) is 3.29. The summed E-state index contributed by atoms with van der Waals surface area (Å²) in [4.78, 5) is 0. The van der Waals surface area contributed by atoms with Crippen LogP contribution in [0.5, 0.6) is 11.5 Å². The first-order valence-corrected chi connectivity index (χ1v) is 9.25. The quantitative estimate of drug-likeness (QED) is 0.475. The Morgan fingerprint density at radius 3 is 2.46 bits per heavy atom. The van der Waals surface area contributed by atoms with E-state index in [0.29, 0.717) is 6.54 Å². The van der Waals surface area contributed by atoms with Gasteiger partial charge in [0.05, 0.1) is 20.8 Å². The Hall–Kier alpha value is -2.14. The highest BCUT2D eigenvalue weighted by Gasteiger charge is 2.07. The molecule has 0 aliphatic rings. The molecule has 2 aromatic carbocycles. The van der Waals surface area contributed by atoms with Crippen molar-refractivity contribution in [2.24, 2.45) is 0 Å². The lowest BCUT2D eigenvalue weighted by molar-refractivity contribution is 0.354. The third kappa shape index (κ3) is 5.44. The first-order chi connectivity index (χ1) is 13.1. The van der Waals surface area contributed by atoms with Gasteiger partial charge in [0.15, 0.2) is 11.5 Å². The molecule has 0 saturated heterocycles. The molecule has 3 rings (SSSR count). The molecule has 0 fully saturated rings. The Kier molecular flexibility index (Phi) is 8.24. The van der Waals surface area contributed by atoms with Crippen molar-refractivity contribution in [2.45, 2.75) is 19.9 Å². The first kappa shape index (κ1) is 22.2. The SMILES string of the molecule is COc1ccc(CCNCc2ccc(-c3ccc(C)c(Cl)c3)o2)cc1OC.Cl. The van der Waals surface area contributed by atoms with Crippen molar-refractivity contribution in [3.63, 3.8) is 0 Å². The van der Waals surface area contributed by atoms with Gasteiger partial charge in [0.25, 0.3) is 0 Å². The predicted octanol–water partition coefficient (Wildman–Crippen LogP) is 5.68. The van der Waals surface area contributed by atoms with Gasteiger partial charge < -0.3 is 19.2 Å². The number of aryl methyl sites for hydroxylation is 1. The van der Waals surface area contributed by atoms with Gasteiger partial charge in [-0.3, -0.25) is 0 Å². The Morgan fingerprint density at radius 1 is 0.964 bits per heavy atom. The molecule has 0 saturated carbocycles. The Bertz CT molecular complexity index is 909. The predicted molar refractivity (Wildman–Crippen MR) is 116 cm³/mol. The van der Waals surface area contributed by atoms with Crippen LogP contribution < -0.4 is 14.8 Å². The van der Waals surface area contributed by atoms with Crippen molar-refractivity contribution < 1.29 is 13.9 Å². The number of rotatable bonds is 8. The summed E-state index contributed by atoms with van der Waals surface area (Å²) in [6.07, 6.45) is 0.890. The smallest absolute Gasteiger partial charge is 0.160 e. The average Bonchev–Trinajstić information content (AvgIpc) is 3.16. The van der Waals surface area contributed by atoms with Crippen LogP contribution in [-0.2, 0) is 13.0 Å². The third-order valence-corrected chi connectivity index (χ3v) is 4.86. The number of hydrogen-bond donors (Lipinski definition) is 1. The van der Waals surface area contributed by atoms with Crippen LogP contribution in [0.25, 0.3) is 11.3 Å². The van der Waals surface area contributed by atoms with Crippen LogP contribution in [-0.4, -0.2) is 20.8 Å². The van der Waals surface area contributed by atoms with Gasteiger partial charge in [-0.2, -0.15) is 0 Å². The molecule has 1 heterocycles. The highest BCUT2D eigenvalue weighted by Crippen LogP contribution is 2.28. The summed E-state index contributed by atoms with van der Waals surface area (Å²) >= 11 is 6.20. The lowest BCUT2D eigenvalue weighted by Gasteiger charge is -2.09. The number of ether oxygens (including phenoxy) is 2. The van der Waals surface area contributed by atoms with Gasteiger partial charge in [0, 0.05) is 10.6 Å². The first-order valence-electron chi connectivity index (χ1n) is 8.87. The minimum absolute atomic E-state index is 0. The van der Waals surface area contributed by atoms with Crippen molar-refractivity contribution in [3.05, 3.63) is 70.4 Å². The largest absolute Gasteiger partial charge is 0.493 e. The fourth-order valence-corrected chi connectivity index (χ4v) is 3.04. The number of methoxy groups -OCH3 is 2. The monoisotopic (exact) mass is 421 g/mol. The van der Waals surface area contributed by atoms with Gasteiger partial charge in [0.1, 0.15) is 11.5 Å². The molecule has 1 N–H and O–H groups in total. The van der Waals surface area contributed by atoms with Crippen LogP contribution in [0.15, 0.2) is 52.9 Å². The number of halogens is 2. The van der Waals surface area contributed by atoms with Gasteiger partial charge >= 0.3 is 0 Å². The summed E-state index contributed by atoms with van der Waals surface area (Å²) in [5.74, 6) is 3.22. The zero-order valence-corrected chi connectivity index (χ0v) is 17.8. The number of nitrogens with one attached hydrogen (secondary N) is 1. The summed E-state index contributed by atoms with van der Waals surface area (Å²) in [5.41, 5.74) is 3.24. The van der Waals surface area contributed by atoms with Gasteiger partial charge in [0.2, 0.25) is 0 Å². The summed E-state index contributed by atoms with van der Waals surface area (Å²) < 4.78 is 16.5. The lowest BCUT2D eigenvalue weighted by Crippen LogP contribution is -2.16. The van der Waals surface area contributed by atoms with E-state index >= 15 is 0 Å². The second-order valence-corrected chi connectivity index (χ2v) is 6.75. The molecule has 0 aliphatic heterocycles. The van der Waals surface area contributed by atoms with Crippen LogP contribution in [0.2, 0.25) is 5.02 Å². The molecular weight excluding hydrogens is 397 g/mol. The molecule has 0 unspecified atom stereocenters. The Balaban J connectivity index is 0.00000280. The van der Waals surface area contributed by atoms with Crippen LogP contribution in [0.1, 0.15) is 16.9 Å². The fourth-order valence-electron chi connectivity index (χ4n) is 2.85. The molecule has 150 valence electrons. The van der Waals surface area contributed by atoms with E-state index in [2.05, 4.69) is 11.4 Å². The van der Waals surface area contributed by atoms with Crippen molar-refractivity contribution in [1.82, 2.24) is 5.32 Å². The van der Waals surface area contributed by atoms with Crippen molar-refractivity contribution >= 4 is 24.0 Å². The van der Waals surface area contributed by atoms with Crippen LogP contribution in [0.4, 0.5) is 0 Å². The second-order valence-electron chi connectivity index (χ2n) is 6.35. The van der Waals surface area contributed by atoms with Gasteiger partial charge in [-0.05, 0) is 61.3 Å². The maximum atomic E-state index is 6.20. The van der Waals surface area contributed by atoms with E-state index in [0.717, 1.165) is 52.1 Å². The molecule has 28 heavy (non-hydrogen) atoms. The van der Waals surface area contributed by atoms with E-state index in [-0.39, 0.29) is 12.4 Å². The van der Waals surface area contributed by atoms with E-state index in [9.17, 15) is 0 Å². The van der Waals surface area contributed by atoms with Crippen molar-refractivity contribution in [3.8, 4) is 22.8 Å². The highest BCUT2D eigenvalue weighted by molar-refractivity contribution is 6.31. The van der Waals surface area contributed by atoms with E-state index in [1.165, 1.54) is 5.56 Å². The number of hydrogen-bond acceptors (Lipinski definition) is 4. The maximum absolute atomic E-state index is 6.20. The lowest BCUT2D eigenvalue weighted by atomic mass is 10.1. The molecule has 1 aromatic heterocycles. The molecule has 0 aliphatic carbocycles. The third-order valence-electron chi connectivity index (χ3n) is 4.46. The van der Waals surface area contributed by atoms with Gasteiger partial charge in [-0.1, -0.05) is 29.8 Å². The van der Waals surface area contributed by atoms with Gasteiger partial charge in [-0.25, -0.2) is 0 Å². The number of furan rings is 1. The number of benzene rings is 2. The molecule has 0 amide bonds.